The van der Waals surface area contributed by atoms with E-state index < -0.39 is 0 Å². The molecule has 0 amide bonds. The second-order valence-electron chi connectivity index (χ2n) is 3.50. The van der Waals surface area contributed by atoms with Crippen LogP contribution in [0.4, 0.5) is 0 Å². The van der Waals surface area contributed by atoms with Gasteiger partial charge in [-0.1, -0.05) is 6.92 Å². The van der Waals surface area contributed by atoms with Crippen molar-refractivity contribution in [2.24, 2.45) is 0 Å². The summed E-state index contributed by atoms with van der Waals surface area (Å²) in [6.45, 7) is 6.97. The van der Waals surface area contributed by atoms with Gasteiger partial charge in [-0.2, -0.15) is 0 Å². The van der Waals surface area contributed by atoms with Crippen LogP contribution in [0.2, 0.25) is 0 Å². The summed E-state index contributed by atoms with van der Waals surface area (Å²) in [4.78, 5) is 15.3. The van der Waals surface area contributed by atoms with Crippen molar-refractivity contribution < 1.29 is 9.53 Å². The van der Waals surface area contributed by atoms with Crippen LogP contribution in [0.3, 0.4) is 0 Å². The highest BCUT2D eigenvalue weighted by atomic mass is 16.5. The lowest BCUT2D eigenvalue weighted by molar-refractivity contribution is -0.143. The van der Waals surface area contributed by atoms with Crippen molar-refractivity contribution in [3.63, 3.8) is 0 Å². The van der Waals surface area contributed by atoms with E-state index in [2.05, 4.69) is 11.3 Å². The molecule has 1 heterocycles. The number of esters is 1. The molecular weight excluding hydrogens is 192 g/mol. The van der Waals surface area contributed by atoms with Gasteiger partial charge >= 0.3 is 5.97 Å². The fraction of sp³-hybridized carbons (Fsp3) is 0.636. The van der Waals surface area contributed by atoms with Gasteiger partial charge in [-0.25, -0.2) is 4.98 Å². The lowest BCUT2D eigenvalue weighted by Crippen LogP contribution is -2.10. The normalized spacial score (nSPS) is 10.3. The van der Waals surface area contributed by atoms with Crippen molar-refractivity contribution in [2.75, 3.05) is 6.61 Å². The van der Waals surface area contributed by atoms with Crippen LogP contribution in [0.15, 0.2) is 0 Å². The Hall–Kier alpha value is -1.32. The zero-order chi connectivity index (χ0) is 11.3. The average molecular weight is 209 g/mol. The topological polar surface area (TPSA) is 44.1 Å². The Balaban J connectivity index is 2.37. The Morgan fingerprint density at radius 3 is 2.80 bits per heavy atom. The van der Waals surface area contributed by atoms with Gasteiger partial charge in [-0.05, 0) is 20.3 Å². The molecule has 0 fully saturated rings. The summed E-state index contributed by atoms with van der Waals surface area (Å²) in [5.74, 6) is -0.156. The van der Waals surface area contributed by atoms with Crippen molar-refractivity contribution >= 4 is 5.97 Å². The number of nitrogens with zero attached hydrogens (tertiary/aromatic N) is 2. The smallest absolute Gasteiger partial charge is 0.307 e. The van der Waals surface area contributed by atoms with Crippen LogP contribution in [0.1, 0.15) is 31.2 Å². The van der Waals surface area contributed by atoms with Crippen LogP contribution in [0, 0.1) is 20.2 Å². The number of carbonyl (C=O) groups is 1. The number of hydrogen-bond acceptors (Lipinski definition) is 3. The predicted octanol–water partition coefficient (Wildman–Crippen LogP) is 1.64. The number of ether oxygens (including phenoxy) is 1. The third-order valence-electron chi connectivity index (χ3n) is 2.27. The van der Waals surface area contributed by atoms with Crippen molar-refractivity contribution in [1.29, 1.82) is 0 Å². The molecule has 0 saturated heterocycles. The Kier molecular flexibility index (Phi) is 4.34. The fourth-order valence-electron chi connectivity index (χ4n) is 1.20. The van der Waals surface area contributed by atoms with Gasteiger partial charge in [0.1, 0.15) is 0 Å². The van der Waals surface area contributed by atoms with Crippen molar-refractivity contribution in [2.45, 2.75) is 40.2 Å². The monoisotopic (exact) mass is 209 g/mol. The van der Waals surface area contributed by atoms with Crippen LogP contribution in [-0.4, -0.2) is 22.1 Å². The zero-order valence-corrected chi connectivity index (χ0v) is 9.54. The van der Waals surface area contributed by atoms with Gasteiger partial charge < -0.3 is 9.30 Å². The van der Waals surface area contributed by atoms with E-state index in [1.165, 1.54) is 0 Å². The molecular formula is C11H17N2O2. The van der Waals surface area contributed by atoms with E-state index >= 15 is 0 Å². The number of hydrogen-bond donors (Lipinski definition) is 0. The first-order valence-corrected chi connectivity index (χ1v) is 5.22. The van der Waals surface area contributed by atoms with E-state index in [0.717, 1.165) is 17.8 Å². The summed E-state index contributed by atoms with van der Waals surface area (Å²) in [6.07, 6.45) is 4.09. The Labute approximate surface area is 90.3 Å². The second-order valence-corrected chi connectivity index (χ2v) is 3.50. The highest BCUT2D eigenvalue weighted by Crippen LogP contribution is 2.04. The van der Waals surface area contributed by atoms with Gasteiger partial charge in [-0.3, -0.25) is 4.79 Å². The summed E-state index contributed by atoms with van der Waals surface area (Å²) in [7, 11) is 0. The molecule has 1 radical (unpaired) electrons. The Morgan fingerprint density at radius 1 is 1.53 bits per heavy atom. The molecule has 83 valence electrons. The third-order valence-corrected chi connectivity index (χ3v) is 2.27. The largest absolute Gasteiger partial charge is 0.466 e. The number of carbonyl (C=O) groups excluding carboxylic acids is 1. The SMILES string of the molecule is CCCOC(=O)CCn1[c]nc(C)c1C. The van der Waals surface area contributed by atoms with Crippen molar-refractivity contribution in [3.8, 4) is 0 Å². The molecule has 1 aromatic heterocycles. The minimum atomic E-state index is -0.156. The number of aryl methyl sites for hydroxylation is 2. The lowest BCUT2D eigenvalue weighted by atomic mass is 10.3. The number of rotatable bonds is 5. The van der Waals surface area contributed by atoms with Gasteiger partial charge in [0.2, 0.25) is 0 Å². The Morgan fingerprint density at radius 2 is 2.27 bits per heavy atom. The molecule has 0 aliphatic carbocycles. The van der Waals surface area contributed by atoms with Gasteiger partial charge in [0.25, 0.3) is 0 Å². The van der Waals surface area contributed by atoms with Gasteiger partial charge in [0.15, 0.2) is 6.33 Å². The van der Waals surface area contributed by atoms with Crippen LogP contribution >= 0.6 is 0 Å². The molecule has 0 bridgehead atoms. The predicted molar refractivity (Wildman–Crippen MR) is 56.4 cm³/mol. The lowest BCUT2D eigenvalue weighted by Gasteiger charge is -2.05. The molecule has 1 rings (SSSR count). The van der Waals surface area contributed by atoms with Gasteiger partial charge in [0, 0.05) is 12.2 Å². The first kappa shape index (κ1) is 11.8. The summed E-state index contributed by atoms with van der Waals surface area (Å²) in [5.41, 5.74) is 2.01. The molecule has 0 atom stereocenters. The minimum absolute atomic E-state index is 0.156. The molecule has 1 aromatic rings. The summed E-state index contributed by atoms with van der Waals surface area (Å²) in [5, 5.41) is 0. The second kappa shape index (κ2) is 5.53. The van der Waals surface area contributed by atoms with Gasteiger partial charge in [0.05, 0.1) is 18.7 Å². The van der Waals surface area contributed by atoms with Crippen LogP contribution < -0.4 is 0 Å². The minimum Gasteiger partial charge on any atom is -0.466 e. The average Bonchev–Trinajstić information content (AvgIpc) is 2.54. The van der Waals surface area contributed by atoms with Crippen LogP contribution in [0.5, 0.6) is 0 Å². The standard InChI is InChI=1S/C11H17N2O2/c1-4-7-15-11(14)5-6-13-8-12-9(2)10(13)3/h4-7H2,1-3H3. The number of imidazole rings is 1. The van der Waals surface area contributed by atoms with E-state index in [1.807, 2.05) is 25.3 Å². The highest BCUT2D eigenvalue weighted by molar-refractivity contribution is 5.69. The molecule has 0 saturated carbocycles. The summed E-state index contributed by atoms with van der Waals surface area (Å²) in [6, 6.07) is 0. The third kappa shape index (κ3) is 3.38. The van der Waals surface area contributed by atoms with E-state index in [1.54, 1.807) is 0 Å². The Bertz CT molecular complexity index is 331. The van der Waals surface area contributed by atoms with Crippen molar-refractivity contribution in [1.82, 2.24) is 9.55 Å². The molecule has 0 aromatic carbocycles. The molecule has 0 aliphatic heterocycles. The van der Waals surface area contributed by atoms with E-state index in [4.69, 9.17) is 4.74 Å². The molecule has 0 unspecified atom stereocenters. The molecule has 15 heavy (non-hydrogen) atoms. The summed E-state index contributed by atoms with van der Waals surface area (Å²) < 4.78 is 6.82. The zero-order valence-electron chi connectivity index (χ0n) is 9.54. The molecule has 4 nitrogen and oxygen atoms in total. The van der Waals surface area contributed by atoms with Crippen LogP contribution in [0.25, 0.3) is 0 Å². The first-order valence-electron chi connectivity index (χ1n) is 5.22. The van der Waals surface area contributed by atoms with Gasteiger partial charge in [-0.15, -0.1) is 0 Å². The van der Waals surface area contributed by atoms with E-state index in [-0.39, 0.29) is 5.97 Å². The number of aromatic nitrogens is 2. The van der Waals surface area contributed by atoms with E-state index in [9.17, 15) is 4.79 Å². The quantitative estimate of drug-likeness (QED) is 0.692. The van der Waals surface area contributed by atoms with Crippen LogP contribution in [-0.2, 0) is 16.1 Å². The molecule has 0 N–H and O–H groups in total. The van der Waals surface area contributed by atoms with Crippen molar-refractivity contribution in [3.05, 3.63) is 17.7 Å². The first-order chi connectivity index (χ1) is 7.15. The maximum Gasteiger partial charge on any atom is 0.307 e. The molecule has 0 spiro atoms. The molecule has 0 aliphatic rings. The maximum absolute atomic E-state index is 11.2. The summed E-state index contributed by atoms with van der Waals surface area (Å²) >= 11 is 0. The highest BCUT2D eigenvalue weighted by Gasteiger charge is 2.06. The molecule has 4 heteroatoms. The fourth-order valence-corrected chi connectivity index (χ4v) is 1.20. The van der Waals surface area contributed by atoms with E-state index in [0.29, 0.717) is 19.6 Å². The maximum atomic E-state index is 11.2.